The number of carboxylic acids is 1. The molecular formula is C8H9NO3. The summed E-state index contributed by atoms with van der Waals surface area (Å²) >= 11 is 0. The normalized spacial score (nSPS) is 12.4. The van der Waals surface area contributed by atoms with Crippen LogP contribution in [0.4, 0.5) is 0 Å². The van der Waals surface area contributed by atoms with Gasteiger partial charge in [-0.05, 0) is 19.1 Å². The Labute approximate surface area is 69.2 Å². The number of ketones is 1. The van der Waals surface area contributed by atoms with E-state index in [1.165, 1.54) is 6.92 Å². The first-order chi connectivity index (χ1) is 5.63. The van der Waals surface area contributed by atoms with Crippen LogP contribution in [0.25, 0.3) is 0 Å². The molecule has 0 amide bonds. The lowest BCUT2D eigenvalue weighted by atomic mass is 10.1. The molecule has 1 heterocycles. The van der Waals surface area contributed by atoms with E-state index >= 15 is 0 Å². The summed E-state index contributed by atoms with van der Waals surface area (Å²) < 4.78 is 0. The van der Waals surface area contributed by atoms with E-state index in [1.54, 1.807) is 18.3 Å². The van der Waals surface area contributed by atoms with Gasteiger partial charge in [0.2, 0.25) is 0 Å². The first-order valence-electron chi connectivity index (χ1n) is 3.53. The van der Waals surface area contributed by atoms with Gasteiger partial charge in [-0.2, -0.15) is 0 Å². The van der Waals surface area contributed by atoms with Crippen LogP contribution < -0.4 is 0 Å². The lowest BCUT2D eigenvalue weighted by molar-refractivity contribution is -0.139. The van der Waals surface area contributed by atoms with Crippen molar-refractivity contribution < 1.29 is 14.7 Å². The van der Waals surface area contributed by atoms with Crippen LogP contribution in [0.1, 0.15) is 17.4 Å². The molecule has 0 aliphatic rings. The highest BCUT2D eigenvalue weighted by atomic mass is 16.4. The second-order valence-corrected chi connectivity index (χ2v) is 2.51. The van der Waals surface area contributed by atoms with Crippen molar-refractivity contribution in [3.05, 3.63) is 24.0 Å². The molecule has 0 aliphatic carbocycles. The van der Waals surface area contributed by atoms with Gasteiger partial charge in [0.05, 0.1) is 5.69 Å². The number of hydrogen-bond acceptors (Lipinski definition) is 2. The lowest BCUT2D eigenvalue weighted by Gasteiger charge is -2.01. The highest BCUT2D eigenvalue weighted by molar-refractivity contribution is 6.06. The van der Waals surface area contributed by atoms with Crippen LogP contribution in [0, 0.1) is 5.92 Å². The fourth-order valence-corrected chi connectivity index (χ4v) is 0.829. The van der Waals surface area contributed by atoms with Gasteiger partial charge in [0.15, 0.2) is 5.78 Å². The Kier molecular flexibility index (Phi) is 2.28. The van der Waals surface area contributed by atoms with Crippen LogP contribution in [0.5, 0.6) is 0 Å². The summed E-state index contributed by atoms with van der Waals surface area (Å²) in [7, 11) is 0. The van der Waals surface area contributed by atoms with Gasteiger partial charge in [0.1, 0.15) is 5.92 Å². The Bertz CT molecular complexity index is 289. The maximum Gasteiger partial charge on any atom is 0.314 e. The minimum absolute atomic E-state index is 0.338. The van der Waals surface area contributed by atoms with Crippen molar-refractivity contribution in [2.24, 2.45) is 5.92 Å². The molecular weight excluding hydrogens is 158 g/mol. The van der Waals surface area contributed by atoms with Crippen LogP contribution in [-0.4, -0.2) is 21.8 Å². The van der Waals surface area contributed by atoms with Gasteiger partial charge in [-0.15, -0.1) is 0 Å². The molecule has 1 aromatic heterocycles. The summed E-state index contributed by atoms with van der Waals surface area (Å²) in [5, 5.41) is 8.52. The number of aromatic nitrogens is 1. The van der Waals surface area contributed by atoms with Gasteiger partial charge in [-0.1, -0.05) is 0 Å². The van der Waals surface area contributed by atoms with Crippen LogP contribution in [-0.2, 0) is 4.79 Å². The predicted octanol–water partition coefficient (Wildman–Crippen LogP) is 0.918. The van der Waals surface area contributed by atoms with Crippen molar-refractivity contribution >= 4 is 11.8 Å². The maximum atomic E-state index is 11.2. The molecule has 0 radical (unpaired) electrons. The summed E-state index contributed by atoms with van der Waals surface area (Å²) in [6, 6.07) is 3.21. The molecule has 0 aromatic carbocycles. The van der Waals surface area contributed by atoms with Gasteiger partial charge in [0, 0.05) is 6.20 Å². The van der Waals surface area contributed by atoms with Crippen LogP contribution in [0.3, 0.4) is 0 Å². The van der Waals surface area contributed by atoms with E-state index < -0.39 is 17.7 Å². The molecule has 12 heavy (non-hydrogen) atoms. The predicted molar refractivity (Wildman–Crippen MR) is 41.9 cm³/mol. The third-order valence-corrected chi connectivity index (χ3v) is 1.63. The highest BCUT2D eigenvalue weighted by Gasteiger charge is 2.22. The topological polar surface area (TPSA) is 70.2 Å². The molecule has 4 nitrogen and oxygen atoms in total. The van der Waals surface area contributed by atoms with Crippen molar-refractivity contribution in [2.45, 2.75) is 6.92 Å². The molecule has 1 unspecified atom stereocenters. The number of hydrogen-bond donors (Lipinski definition) is 2. The summed E-state index contributed by atoms with van der Waals surface area (Å²) in [6.45, 7) is 1.37. The van der Waals surface area contributed by atoms with Crippen molar-refractivity contribution in [1.82, 2.24) is 4.98 Å². The number of aliphatic carboxylic acids is 1. The van der Waals surface area contributed by atoms with E-state index in [0.717, 1.165) is 0 Å². The van der Waals surface area contributed by atoms with Crippen LogP contribution in [0.15, 0.2) is 18.3 Å². The number of carboxylic acid groups (broad SMARTS) is 1. The second-order valence-electron chi connectivity index (χ2n) is 2.51. The summed E-state index contributed by atoms with van der Waals surface area (Å²) in [6.07, 6.45) is 1.59. The van der Waals surface area contributed by atoms with Gasteiger partial charge in [-0.3, -0.25) is 9.59 Å². The third-order valence-electron chi connectivity index (χ3n) is 1.63. The minimum Gasteiger partial charge on any atom is -0.481 e. The van der Waals surface area contributed by atoms with Gasteiger partial charge in [-0.25, -0.2) is 0 Å². The van der Waals surface area contributed by atoms with E-state index in [4.69, 9.17) is 5.11 Å². The fraction of sp³-hybridized carbons (Fsp3) is 0.250. The Morgan fingerprint density at radius 3 is 2.67 bits per heavy atom. The average Bonchev–Trinajstić information content (AvgIpc) is 2.53. The molecule has 4 heteroatoms. The van der Waals surface area contributed by atoms with Gasteiger partial charge < -0.3 is 10.1 Å². The molecule has 1 aromatic rings. The number of nitrogens with one attached hydrogen (secondary N) is 1. The molecule has 0 saturated heterocycles. The quantitative estimate of drug-likeness (QED) is 0.519. The number of carbonyl (C=O) groups excluding carboxylic acids is 1. The highest BCUT2D eigenvalue weighted by Crippen LogP contribution is 2.06. The Morgan fingerprint density at radius 1 is 1.58 bits per heavy atom. The van der Waals surface area contributed by atoms with Crippen LogP contribution >= 0.6 is 0 Å². The van der Waals surface area contributed by atoms with Crippen LogP contribution in [0.2, 0.25) is 0 Å². The number of rotatable bonds is 3. The fourth-order valence-electron chi connectivity index (χ4n) is 0.829. The summed E-state index contributed by atoms with van der Waals surface area (Å²) in [5.74, 6) is -2.48. The van der Waals surface area contributed by atoms with E-state index in [1.807, 2.05) is 0 Å². The molecule has 0 bridgehead atoms. The molecule has 2 N–H and O–H groups in total. The van der Waals surface area contributed by atoms with Gasteiger partial charge in [0.25, 0.3) is 0 Å². The zero-order chi connectivity index (χ0) is 9.14. The van der Waals surface area contributed by atoms with E-state index in [2.05, 4.69) is 4.98 Å². The Hall–Kier alpha value is -1.58. The number of Topliss-reactive ketones (excluding diaryl/α,β-unsaturated/α-hetero) is 1. The lowest BCUT2D eigenvalue weighted by Crippen LogP contribution is -2.20. The number of aromatic amines is 1. The van der Waals surface area contributed by atoms with Crippen molar-refractivity contribution in [3.63, 3.8) is 0 Å². The molecule has 1 atom stereocenters. The molecule has 0 fully saturated rings. The summed E-state index contributed by atoms with van der Waals surface area (Å²) in [5.41, 5.74) is 0.338. The maximum absolute atomic E-state index is 11.2. The average molecular weight is 167 g/mol. The summed E-state index contributed by atoms with van der Waals surface area (Å²) in [4.78, 5) is 24.3. The SMILES string of the molecule is CC(C(=O)O)C(=O)c1ccc[nH]1. The minimum atomic E-state index is -1.10. The molecule has 0 spiro atoms. The largest absolute Gasteiger partial charge is 0.481 e. The van der Waals surface area contributed by atoms with E-state index in [0.29, 0.717) is 5.69 Å². The molecule has 1 rings (SSSR count). The zero-order valence-electron chi connectivity index (χ0n) is 6.57. The molecule has 64 valence electrons. The third kappa shape index (κ3) is 1.53. The van der Waals surface area contributed by atoms with Crippen molar-refractivity contribution in [3.8, 4) is 0 Å². The second kappa shape index (κ2) is 3.21. The zero-order valence-corrected chi connectivity index (χ0v) is 6.57. The van der Waals surface area contributed by atoms with Crippen molar-refractivity contribution in [2.75, 3.05) is 0 Å². The standard InChI is InChI=1S/C8H9NO3/c1-5(8(11)12)7(10)6-3-2-4-9-6/h2-5,9H,1H3,(H,11,12). The number of H-pyrrole nitrogens is 1. The van der Waals surface area contributed by atoms with E-state index in [-0.39, 0.29) is 0 Å². The number of carbonyl (C=O) groups is 2. The first-order valence-corrected chi connectivity index (χ1v) is 3.53. The van der Waals surface area contributed by atoms with E-state index in [9.17, 15) is 9.59 Å². The Morgan fingerprint density at radius 2 is 2.25 bits per heavy atom. The Balaban J connectivity index is 2.79. The molecule has 0 saturated carbocycles. The smallest absolute Gasteiger partial charge is 0.314 e. The molecule has 0 aliphatic heterocycles. The van der Waals surface area contributed by atoms with Gasteiger partial charge >= 0.3 is 5.97 Å². The van der Waals surface area contributed by atoms with Crippen molar-refractivity contribution in [1.29, 1.82) is 0 Å². The monoisotopic (exact) mass is 167 g/mol. The first kappa shape index (κ1) is 8.52.